The second-order valence-electron chi connectivity index (χ2n) is 6.38. The van der Waals surface area contributed by atoms with E-state index in [2.05, 4.69) is 57.3 Å². The third-order valence-corrected chi connectivity index (χ3v) is 3.54. The molecular weight excluding hydrogens is 244 g/mol. The molecule has 2 nitrogen and oxygen atoms in total. The van der Waals surface area contributed by atoms with Crippen molar-refractivity contribution >= 4 is 11.4 Å². The second-order valence-corrected chi connectivity index (χ2v) is 6.38. The van der Waals surface area contributed by atoms with Crippen molar-refractivity contribution in [3.63, 3.8) is 0 Å². The highest BCUT2D eigenvalue weighted by atomic mass is 14.9. The molecule has 0 fully saturated rings. The summed E-state index contributed by atoms with van der Waals surface area (Å²) in [7, 11) is 0. The standard InChI is InChI=1S/C18H24N2/c1-13-8-9-15(18(2,3)4)11-17(13)20-12-14-6-5-7-16(19)10-14/h5-11,20H,12,19H2,1-4H3. The van der Waals surface area contributed by atoms with E-state index in [-0.39, 0.29) is 5.41 Å². The van der Waals surface area contributed by atoms with Gasteiger partial charge in [-0.05, 0) is 47.2 Å². The summed E-state index contributed by atoms with van der Waals surface area (Å²) >= 11 is 0. The van der Waals surface area contributed by atoms with Crippen molar-refractivity contribution in [3.8, 4) is 0 Å². The number of nitrogens with two attached hydrogens (primary N) is 1. The molecule has 0 amide bonds. The van der Waals surface area contributed by atoms with Gasteiger partial charge in [0.05, 0.1) is 0 Å². The number of nitrogens with one attached hydrogen (secondary N) is 1. The summed E-state index contributed by atoms with van der Waals surface area (Å²) in [4.78, 5) is 0. The molecule has 0 radical (unpaired) electrons. The molecule has 0 heterocycles. The van der Waals surface area contributed by atoms with Gasteiger partial charge in [0, 0.05) is 17.9 Å². The summed E-state index contributed by atoms with van der Waals surface area (Å²) in [6.45, 7) is 9.63. The molecule has 2 aromatic rings. The molecule has 0 saturated heterocycles. The molecule has 0 aliphatic carbocycles. The first-order chi connectivity index (χ1) is 9.36. The molecule has 0 spiro atoms. The van der Waals surface area contributed by atoms with Crippen molar-refractivity contribution < 1.29 is 0 Å². The smallest absolute Gasteiger partial charge is 0.0401 e. The molecule has 2 aromatic carbocycles. The number of aryl methyl sites for hydroxylation is 1. The zero-order chi connectivity index (χ0) is 14.8. The van der Waals surface area contributed by atoms with Crippen LogP contribution in [-0.2, 0) is 12.0 Å². The van der Waals surface area contributed by atoms with Gasteiger partial charge in [0.15, 0.2) is 0 Å². The Hall–Kier alpha value is -1.96. The Morgan fingerprint density at radius 2 is 1.80 bits per heavy atom. The molecule has 3 N–H and O–H groups in total. The molecule has 0 saturated carbocycles. The van der Waals surface area contributed by atoms with E-state index in [1.807, 2.05) is 18.2 Å². The molecule has 0 bridgehead atoms. The van der Waals surface area contributed by atoms with Crippen LogP contribution >= 0.6 is 0 Å². The van der Waals surface area contributed by atoms with Gasteiger partial charge in [-0.1, -0.05) is 45.0 Å². The molecular formula is C18H24N2. The van der Waals surface area contributed by atoms with Crippen LogP contribution in [0.25, 0.3) is 0 Å². The number of anilines is 2. The van der Waals surface area contributed by atoms with Crippen molar-refractivity contribution in [2.45, 2.75) is 39.7 Å². The fourth-order valence-electron chi connectivity index (χ4n) is 2.18. The fourth-order valence-corrected chi connectivity index (χ4v) is 2.18. The third kappa shape index (κ3) is 3.53. The van der Waals surface area contributed by atoms with Gasteiger partial charge < -0.3 is 11.1 Å². The number of nitrogen functional groups attached to an aromatic ring is 1. The second kappa shape index (κ2) is 5.58. The van der Waals surface area contributed by atoms with E-state index in [9.17, 15) is 0 Å². The van der Waals surface area contributed by atoms with Crippen molar-refractivity contribution in [2.24, 2.45) is 0 Å². The van der Waals surface area contributed by atoms with E-state index in [0.717, 1.165) is 12.2 Å². The van der Waals surface area contributed by atoms with E-state index in [0.29, 0.717) is 0 Å². The quantitative estimate of drug-likeness (QED) is 0.805. The minimum atomic E-state index is 0.168. The summed E-state index contributed by atoms with van der Waals surface area (Å²) in [6.07, 6.45) is 0. The topological polar surface area (TPSA) is 38.0 Å². The SMILES string of the molecule is Cc1ccc(C(C)(C)C)cc1NCc1cccc(N)c1. The third-order valence-electron chi connectivity index (χ3n) is 3.54. The van der Waals surface area contributed by atoms with Gasteiger partial charge in [0.25, 0.3) is 0 Å². The van der Waals surface area contributed by atoms with Gasteiger partial charge in [0.2, 0.25) is 0 Å². The van der Waals surface area contributed by atoms with Gasteiger partial charge in [0.1, 0.15) is 0 Å². The molecule has 20 heavy (non-hydrogen) atoms. The Labute approximate surface area is 122 Å². The van der Waals surface area contributed by atoms with Gasteiger partial charge in [-0.2, -0.15) is 0 Å². The van der Waals surface area contributed by atoms with Crippen LogP contribution in [0.5, 0.6) is 0 Å². The highest BCUT2D eigenvalue weighted by Gasteiger charge is 2.14. The van der Waals surface area contributed by atoms with E-state index in [1.165, 1.54) is 22.4 Å². The van der Waals surface area contributed by atoms with Crippen LogP contribution < -0.4 is 11.1 Å². The van der Waals surface area contributed by atoms with Gasteiger partial charge in [-0.15, -0.1) is 0 Å². The highest BCUT2D eigenvalue weighted by molar-refractivity contribution is 5.54. The highest BCUT2D eigenvalue weighted by Crippen LogP contribution is 2.27. The Bertz CT molecular complexity index is 595. The summed E-state index contributed by atoms with van der Waals surface area (Å²) in [5.74, 6) is 0. The normalized spacial score (nSPS) is 11.4. The number of hydrogen-bond acceptors (Lipinski definition) is 2. The maximum Gasteiger partial charge on any atom is 0.0401 e. The maximum absolute atomic E-state index is 5.81. The maximum atomic E-state index is 5.81. The lowest BCUT2D eigenvalue weighted by atomic mass is 9.86. The van der Waals surface area contributed by atoms with E-state index in [4.69, 9.17) is 5.73 Å². The molecule has 0 aromatic heterocycles. The van der Waals surface area contributed by atoms with Crippen LogP contribution in [0.15, 0.2) is 42.5 Å². The van der Waals surface area contributed by atoms with Gasteiger partial charge in [-0.25, -0.2) is 0 Å². The van der Waals surface area contributed by atoms with Gasteiger partial charge >= 0.3 is 0 Å². The number of rotatable bonds is 3. The first-order valence-electron chi connectivity index (χ1n) is 7.06. The van der Waals surface area contributed by atoms with Gasteiger partial charge in [-0.3, -0.25) is 0 Å². The molecule has 0 aliphatic rings. The van der Waals surface area contributed by atoms with Crippen molar-refractivity contribution in [1.82, 2.24) is 0 Å². The first kappa shape index (κ1) is 14.4. The zero-order valence-electron chi connectivity index (χ0n) is 12.8. The zero-order valence-corrected chi connectivity index (χ0v) is 12.8. The predicted molar refractivity (Wildman–Crippen MR) is 88.1 cm³/mol. The summed E-state index contributed by atoms with van der Waals surface area (Å²) in [6, 6.07) is 14.6. The van der Waals surface area contributed by atoms with Crippen molar-refractivity contribution in [2.75, 3.05) is 11.1 Å². The molecule has 0 aliphatic heterocycles. The molecule has 0 atom stereocenters. The number of hydrogen-bond donors (Lipinski definition) is 2. The lowest BCUT2D eigenvalue weighted by Crippen LogP contribution is -2.12. The average molecular weight is 268 g/mol. The number of benzene rings is 2. The first-order valence-corrected chi connectivity index (χ1v) is 7.06. The van der Waals surface area contributed by atoms with E-state index < -0.39 is 0 Å². The average Bonchev–Trinajstić information content (AvgIpc) is 2.36. The summed E-state index contributed by atoms with van der Waals surface area (Å²) in [5, 5.41) is 3.51. The van der Waals surface area contributed by atoms with E-state index in [1.54, 1.807) is 0 Å². The van der Waals surface area contributed by atoms with Crippen LogP contribution in [0.4, 0.5) is 11.4 Å². The summed E-state index contributed by atoms with van der Waals surface area (Å²) < 4.78 is 0. The van der Waals surface area contributed by atoms with Crippen LogP contribution in [0.1, 0.15) is 37.5 Å². The lowest BCUT2D eigenvalue weighted by molar-refractivity contribution is 0.590. The molecule has 2 heteroatoms. The Balaban J connectivity index is 2.17. The Morgan fingerprint density at radius 3 is 2.45 bits per heavy atom. The van der Waals surface area contributed by atoms with E-state index >= 15 is 0 Å². The van der Waals surface area contributed by atoms with Crippen LogP contribution in [0, 0.1) is 6.92 Å². The predicted octanol–water partition coefficient (Wildman–Crippen LogP) is 4.49. The minimum absolute atomic E-state index is 0.168. The van der Waals surface area contributed by atoms with Crippen LogP contribution in [-0.4, -0.2) is 0 Å². The molecule has 2 rings (SSSR count). The largest absolute Gasteiger partial charge is 0.399 e. The monoisotopic (exact) mass is 268 g/mol. The Morgan fingerprint density at radius 1 is 1.05 bits per heavy atom. The molecule has 106 valence electrons. The lowest BCUT2D eigenvalue weighted by Gasteiger charge is -2.21. The molecule has 0 unspecified atom stereocenters. The van der Waals surface area contributed by atoms with Crippen LogP contribution in [0.2, 0.25) is 0 Å². The summed E-state index contributed by atoms with van der Waals surface area (Å²) in [5.41, 5.74) is 11.8. The van der Waals surface area contributed by atoms with Crippen LogP contribution in [0.3, 0.4) is 0 Å². The Kier molecular flexibility index (Phi) is 4.03. The van der Waals surface area contributed by atoms with Crippen molar-refractivity contribution in [1.29, 1.82) is 0 Å². The minimum Gasteiger partial charge on any atom is -0.399 e. The van der Waals surface area contributed by atoms with Crippen molar-refractivity contribution in [3.05, 3.63) is 59.2 Å². The fraction of sp³-hybridized carbons (Fsp3) is 0.333.